The van der Waals surface area contributed by atoms with Crippen LogP contribution in [0.4, 0.5) is 0 Å². The minimum absolute atomic E-state index is 0.0547. The monoisotopic (exact) mass is 430 g/mol. The van der Waals surface area contributed by atoms with E-state index in [0.717, 1.165) is 30.0 Å². The van der Waals surface area contributed by atoms with Crippen LogP contribution in [0.5, 0.6) is 0 Å². The summed E-state index contributed by atoms with van der Waals surface area (Å²) in [7, 11) is 0. The van der Waals surface area contributed by atoms with E-state index in [2.05, 4.69) is 16.8 Å². The molecule has 2 aromatic heterocycles. The van der Waals surface area contributed by atoms with Crippen LogP contribution in [0.1, 0.15) is 5.56 Å². The second-order valence-electron chi connectivity index (χ2n) is 6.37. The molecule has 7 nitrogen and oxygen atoms in total. The summed E-state index contributed by atoms with van der Waals surface area (Å²) < 4.78 is 7.57. The number of hydrogen-bond donors (Lipinski definition) is 1. The van der Waals surface area contributed by atoms with Crippen LogP contribution in [0.15, 0.2) is 34.3 Å². The number of ether oxygens (including phenoxy) is 1. The van der Waals surface area contributed by atoms with Gasteiger partial charge in [-0.05, 0) is 28.5 Å². The molecule has 0 aliphatic carbocycles. The molecule has 0 saturated carbocycles. The van der Waals surface area contributed by atoms with E-state index in [4.69, 9.17) is 4.74 Å². The molecule has 1 N–H and O–H groups in total. The molecule has 3 heterocycles. The second-order valence-corrected chi connectivity index (χ2v) is 8.18. The van der Waals surface area contributed by atoms with Crippen LogP contribution in [0.3, 0.4) is 0 Å². The van der Waals surface area contributed by atoms with Crippen molar-refractivity contribution in [2.75, 3.05) is 39.4 Å². The fraction of sp³-hybridized carbons (Fsp3) is 0.350. The lowest BCUT2D eigenvalue weighted by molar-refractivity contribution is -0.115. The number of allylic oxidation sites excluding steroid dienone is 1. The number of thiophene rings is 1. The molecule has 0 radical (unpaired) electrons. The van der Waals surface area contributed by atoms with Crippen LogP contribution in [-0.4, -0.2) is 54.8 Å². The van der Waals surface area contributed by atoms with Crippen LogP contribution in [0, 0.1) is 11.3 Å². The Bertz CT molecular complexity index is 1070. The maximum Gasteiger partial charge on any atom is 0.269 e. The van der Waals surface area contributed by atoms with E-state index in [1.54, 1.807) is 12.2 Å². The summed E-state index contributed by atoms with van der Waals surface area (Å²) >= 11 is 2.69. The molecule has 0 aromatic carbocycles. The normalized spacial score (nSPS) is 16.3. The van der Waals surface area contributed by atoms with Crippen molar-refractivity contribution in [3.05, 3.63) is 54.6 Å². The molecule has 3 rings (SSSR count). The first kappa shape index (κ1) is 21.2. The predicted octanol–water partition coefficient (Wildman–Crippen LogP) is 0.109. The molecule has 9 heteroatoms. The topological polar surface area (TPSA) is 87.4 Å². The smallest absolute Gasteiger partial charge is 0.269 e. The highest BCUT2D eigenvalue weighted by atomic mass is 32.1. The molecular weight excluding hydrogens is 408 g/mol. The highest BCUT2D eigenvalue weighted by molar-refractivity contribution is 7.08. The zero-order valence-corrected chi connectivity index (χ0v) is 17.6. The van der Waals surface area contributed by atoms with E-state index < -0.39 is 5.91 Å². The number of carbonyl (C=O) groups is 1. The van der Waals surface area contributed by atoms with Crippen LogP contribution >= 0.6 is 22.7 Å². The van der Waals surface area contributed by atoms with Crippen LogP contribution in [0.2, 0.25) is 0 Å². The van der Waals surface area contributed by atoms with Crippen LogP contribution in [0.25, 0.3) is 11.6 Å². The maximum atomic E-state index is 12.8. The molecule has 1 saturated heterocycles. The second kappa shape index (κ2) is 10.3. The van der Waals surface area contributed by atoms with Gasteiger partial charge in [0.05, 0.1) is 17.7 Å². The highest BCUT2D eigenvalue weighted by Gasteiger charge is 2.16. The number of nitrogens with one attached hydrogen (secondary N) is 1. The highest BCUT2D eigenvalue weighted by Crippen LogP contribution is 2.06. The molecule has 0 atom stereocenters. The summed E-state index contributed by atoms with van der Waals surface area (Å²) in [6.45, 7) is 8.07. The zero-order chi connectivity index (χ0) is 20.6. The van der Waals surface area contributed by atoms with Gasteiger partial charge in [-0.3, -0.25) is 19.1 Å². The predicted molar refractivity (Wildman–Crippen MR) is 115 cm³/mol. The molecular formula is C20H22N4O3S2. The molecule has 0 spiro atoms. The van der Waals surface area contributed by atoms with Gasteiger partial charge in [-0.25, -0.2) is 0 Å². The first-order chi connectivity index (χ1) is 14.1. The molecule has 1 aliphatic heterocycles. The summed E-state index contributed by atoms with van der Waals surface area (Å²) in [5, 5.41) is 16.3. The number of hydrogen-bond acceptors (Lipinski definition) is 7. The molecule has 0 bridgehead atoms. The van der Waals surface area contributed by atoms with Gasteiger partial charge in [0.2, 0.25) is 0 Å². The number of aromatic nitrogens is 1. The van der Waals surface area contributed by atoms with Crippen molar-refractivity contribution in [3.8, 4) is 6.07 Å². The van der Waals surface area contributed by atoms with Crippen molar-refractivity contribution in [1.29, 1.82) is 5.26 Å². The van der Waals surface area contributed by atoms with Gasteiger partial charge in [0.25, 0.3) is 11.5 Å². The average Bonchev–Trinajstić information content (AvgIpc) is 3.34. The third kappa shape index (κ3) is 5.31. The van der Waals surface area contributed by atoms with Crippen molar-refractivity contribution in [1.82, 2.24) is 14.8 Å². The largest absolute Gasteiger partial charge is 0.379 e. The summed E-state index contributed by atoms with van der Waals surface area (Å²) in [5.74, 6) is -0.470. The Kier molecular flexibility index (Phi) is 7.55. The zero-order valence-electron chi connectivity index (χ0n) is 15.9. The number of carbonyl (C=O) groups excluding carboxylic acids is 1. The lowest BCUT2D eigenvalue weighted by Gasteiger charge is -2.26. The fourth-order valence-corrected chi connectivity index (χ4v) is 4.67. The number of thiazole rings is 1. The van der Waals surface area contributed by atoms with Gasteiger partial charge < -0.3 is 10.1 Å². The van der Waals surface area contributed by atoms with Gasteiger partial charge in [0.15, 0.2) is 5.57 Å². The van der Waals surface area contributed by atoms with Gasteiger partial charge in [-0.15, -0.1) is 17.9 Å². The molecule has 1 amide bonds. The van der Waals surface area contributed by atoms with Gasteiger partial charge in [-0.1, -0.05) is 6.08 Å². The van der Waals surface area contributed by atoms with Gasteiger partial charge in [0, 0.05) is 32.7 Å². The van der Waals surface area contributed by atoms with Gasteiger partial charge in [0.1, 0.15) is 10.7 Å². The van der Waals surface area contributed by atoms with Gasteiger partial charge in [-0.2, -0.15) is 16.6 Å². The standard InChI is InChI=1S/C20H22N4O3S2/c1-2-5-24-19(26)17(12-15-3-11-28-14-15)29-20(24)16(13-21)18(25)22-4-6-23-7-9-27-10-8-23/h2-3,11-12,14H,1,4-10H2,(H,22,25)/b17-12-,20-16+. The first-order valence-electron chi connectivity index (χ1n) is 9.21. The number of nitriles is 1. The maximum absolute atomic E-state index is 12.8. The summed E-state index contributed by atoms with van der Waals surface area (Å²) in [6.07, 6.45) is 3.36. The van der Waals surface area contributed by atoms with E-state index in [9.17, 15) is 14.9 Å². The van der Waals surface area contributed by atoms with E-state index in [1.807, 2.05) is 22.9 Å². The molecule has 152 valence electrons. The summed E-state index contributed by atoms with van der Waals surface area (Å²) in [5.41, 5.74) is 0.630. The molecule has 2 aromatic rings. The minimum atomic E-state index is -0.470. The summed E-state index contributed by atoms with van der Waals surface area (Å²) in [6, 6.07) is 3.89. The Morgan fingerprint density at radius 1 is 1.41 bits per heavy atom. The van der Waals surface area contributed by atoms with Crippen molar-refractivity contribution >= 4 is 40.2 Å². The third-order valence-corrected chi connectivity index (χ3v) is 6.26. The Balaban J connectivity index is 1.89. The molecule has 1 aliphatic rings. The van der Waals surface area contributed by atoms with Crippen molar-refractivity contribution in [3.63, 3.8) is 0 Å². The van der Waals surface area contributed by atoms with Crippen molar-refractivity contribution in [2.45, 2.75) is 6.54 Å². The van der Waals surface area contributed by atoms with E-state index in [0.29, 0.717) is 35.5 Å². The van der Waals surface area contributed by atoms with E-state index in [1.165, 1.54) is 15.9 Å². The quantitative estimate of drug-likeness (QED) is 0.630. The van der Waals surface area contributed by atoms with E-state index >= 15 is 0 Å². The first-order valence-corrected chi connectivity index (χ1v) is 11.0. The van der Waals surface area contributed by atoms with Crippen molar-refractivity contribution < 1.29 is 9.53 Å². The minimum Gasteiger partial charge on any atom is -0.379 e. The Morgan fingerprint density at radius 2 is 2.21 bits per heavy atom. The summed E-state index contributed by atoms with van der Waals surface area (Å²) in [4.78, 5) is 27.6. The average molecular weight is 431 g/mol. The fourth-order valence-electron chi connectivity index (χ4n) is 2.95. The Morgan fingerprint density at radius 3 is 2.86 bits per heavy atom. The van der Waals surface area contributed by atoms with Crippen molar-refractivity contribution in [2.24, 2.45) is 0 Å². The molecule has 0 unspecified atom stereocenters. The van der Waals surface area contributed by atoms with Crippen LogP contribution < -0.4 is 20.1 Å². The molecule has 1 fully saturated rings. The third-order valence-electron chi connectivity index (χ3n) is 4.43. The number of nitrogens with zero attached hydrogens (tertiary/aromatic N) is 3. The Labute approximate surface area is 176 Å². The number of amides is 1. The van der Waals surface area contributed by atoms with Gasteiger partial charge >= 0.3 is 0 Å². The lowest BCUT2D eigenvalue weighted by atomic mass is 10.3. The SMILES string of the molecule is C=CCn1c(=O)/c(=C/c2ccsc2)s/c1=C(\C#N)C(=O)NCCN1CCOCC1. The lowest BCUT2D eigenvalue weighted by Crippen LogP contribution is -2.42. The Hall–Kier alpha value is -2.51. The number of rotatable bonds is 7. The van der Waals surface area contributed by atoms with Crippen LogP contribution in [-0.2, 0) is 16.1 Å². The van der Waals surface area contributed by atoms with E-state index in [-0.39, 0.29) is 17.7 Å². The number of morpholine rings is 1. The molecule has 29 heavy (non-hydrogen) atoms.